The first kappa shape index (κ1) is 55.6. The van der Waals surface area contributed by atoms with Crippen LogP contribution in [0.25, 0.3) is 0 Å². The van der Waals surface area contributed by atoms with Crippen LogP contribution in [0.2, 0.25) is 0 Å². The van der Waals surface area contributed by atoms with E-state index in [0.29, 0.717) is 37.4 Å². The van der Waals surface area contributed by atoms with E-state index in [1.165, 1.54) is 109 Å². The average Bonchev–Trinajstić information content (AvgIpc) is 3.23. The Morgan fingerprint density at radius 3 is 1.43 bits per heavy atom. The fourth-order valence-corrected chi connectivity index (χ4v) is 8.22. The van der Waals surface area contributed by atoms with E-state index in [-0.39, 0.29) is 19.5 Å². The summed E-state index contributed by atoms with van der Waals surface area (Å²) in [4.78, 5) is 53.4. The van der Waals surface area contributed by atoms with Crippen molar-refractivity contribution in [1.82, 2.24) is 4.90 Å². The predicted molar refractivity (Wildman–Crippen MR) is 258 cm³/mol. The molecule has 1 rings (SSSR count). The topological polar surface area (TPSA) is 105 Å². The Hall–Kier alpha value is -2.42. The highest BCUT2D eigenvalue weighted by atomic mass is 16.5. The lowest BCUT2D eigenvalue weighted by molar-refractivity contribution is -0.150. The summed E-state index contributed by atoms with van der Waals surface area (Å²) < 4.78 is 11.5. The van der Waals surface area contributed by atoms with Gasteiger partial charge in [0.25, 0.3) is 10.9 Å². The molecular formula is C51H97N3O6. The molecule has 1 N–H and O–H groups in total. The van der Waals surface area contributed by atoms with Crippen LogP contribution in [-0.4, -0.2) is 69.8 Å². The van der Waals surface area contributed by atoms with Gasteiger partial charge in [-0.3, -0.25) is 19.2 Å². The summed E-state index contributed by atoms with van der Waals surface area (Å²) in [5.74, 6) is -0.0507. The maximum Gasteiger partial charge on any atom is 0.306 e. The van der Waals surface area contributed by atoms with Gasteiger partial charge in [-0.05, 0) is 83.8 Å². The lowest BCUT2D eigenvalue weighted by atomic mass is 10.0. The molecular weight excluding hydrogens is 751 g/mol. The zero-order chi connectivity index (χ0) is 43.9. The number of ether oxygens (including phenoxy) is 2. The highest BCUT2D eigenvalue weighted by Crippen LogP contribution is 2.20. The van der Waals surface area contributed by atoms with Gasteiger partial charge in [0.2, 0.25) is 0 Å². The second kappa shape index (κ2) is 39.4. The molecule has 0 atom stereocenters. The van der Waals surface area contributed by atoms with Crippen LogP contribution in [0.1, 0.15) is 241 Å². The largest absolute Gasteiger partial charge is 0.466 e. The molecule has 0 saturated carbocycles. The lowest BCUT2D eigenvalue weighted by Crippen LogP contribution is -2.40. The Bertz CT molecular complexity index is 1220. The summed E-state index contributed by atoms with van der Waals surface area (Å²) in [6.45, 7) is 11.0. The number of rotatable bonds is 45. The molecule has 1 aromatic rings. The number of nitrogens with zero attached hydrogens (tertiary/aromatic N) is 2. The van der Waals surface area contributed by atoms with Crippen LogP contribution < -0.4 is 21.1 Å². The number of carbonyl (C=O) groups excluding carboxylic acids is 2. The number of esters is 2. The van der Waals surface area contributed by atoms with E-state index in [1.807, 2.05) is 0 Å². The van der Waals surface area contributed by atoms with Gasteiger partial charge < -0.3 is 24.6 Å². The van der Waals surface area contributed by atoms with Crippen molar-refractivity contribution in [1.29, 1.82) is 0 Å². The Kier molecular flexibility index (Phi) is 36.5. The predicted octanol–water partition coefficient (Wildman–Crippen LogP) is 13.1. The van der Waals surface area contributed by atoms with Crippen molar-refractivity contribution in [3.05, 3.63) is 20.4 Å². The average molecular weight is 848 g/mol. The number of hydrogen-bond acceptors (Lipinski definition) is 9. The Labute approximate surface area is 370 Å². The standard InChI is InChI=1S/C51H95N3O6.H2/c1-6-9-12-15-18-27-34-44-59-46(55)38-30-23-19-25-32-41-54(43-35-40-52-48-49(53(4)5)51(58)50(48)57)42-33-26-20-24-31-39-47(56)60-45(36-28-21-16-13-10-7-2)37-29-22-17-14-11-8-3;/h45,52H,6-44H2,1-5H3;1H. The summed E-state index contributed by atoms with van der Waals surface area (Å²) in [7, 11) is 3.59. The Morgan fingerprint density at radius 1 is 0.517 bits per heavy atom. The molecule has 0 bridgehead atoms. The van der Waals surface area contributed by atoms with Crippen molar-refractivity contribution in [3.63, 3.8) is 0 Å². The van der Waals surface area contributed by atoms with Gasteiger partial charge in [0.1, 0.15) is 17.5 Å². The minimum absolute atomic E-state index is 0. The van der Waals surface area contributed by atoms with E-state index in [2.05, 4.69) is 31.0 Å². The van der Waals surface area contributed by atoms with Crippen LogP contribution in [0.4, 0.5) is 11.4 Å². The van der Waals surface area contributed by atoms with Gasteiger partial charge in [-0.1, -0.05) is 162 Å². The highest BCUT2D eigenvalue weighted by molar-refractivity contribution is 5.74. The van der Waals surface area contributed by atoms with Crippen LogP contribution in [0, 0.1) is 0 Å². The van der Waals surface area contributed by atoms with Crippen LogP contribution in [0.3, 0.4) is 0 Å². The van der Waals surface area contributed by atoms with Crippen molar-refractivity contribution in [3.8, 4) is 0 Å². The minimum atomic E-state index is -0.411. The quantitative estimate of drug-likeness (QED) is 0.0390. The van der Waals surface area contributed by atoms with E-state index >= 15 is 0 Å². The second-order valence-corrected chi connectivity index (χ2v) is 18.0. The van der Waals surface area contributed by atoms with E-state index in [1.54, 1.807) is 19.0 Å². The molecule has 352 valence electrons. The lowest BCUT2D eigenvalue weighted by Gasteiger charge is -2.23. The molecule has 0 aromatic heterocycles. The molecule has 1 aromatic carbocycles. The molecule has 0 amide bonds. The Balaban J connectivity index is 0.0000360. The molecule has 0 aliphatic carbocycles. The SMILES string of the molecule is CCCCCCCCCOC(=O)CCCCCCCN(CCCCCCCC(=O)OC(CCCCCCCC)CCCCCCCC)CCCNc1c(N(C)C)c(=O)c1=O.[HH]. The van der Waals surface area contributed by atoms with Gasteiger partial charge in [-0.2, -0.15) is 0 Å². The van der Waals surface area contributed by atoms with Crippen molar-refractivity contribution < 1.29 is 20.5 Å². The molecule has 60 heavy (non-hydrogen) atoms. The maximum atomic E-state index is 12.9. The molecule has 9 heteroatoms. The summed E-state index contributed by atoms with van der Waals surface area (Å²) in [5, 5.41) is 3.23. The van der Waals surface area contributed by atoms with Crippen molar-refractivity contribution in [2.24, 2.45) is 0 Å². The van der Waals surface area contributed by atoms with Gasteiger partial charge >= 0.3 is 11.9 Å². The summed E-state index contributed by atoms with van der Waals surface area (Å²) in [6, 6.07) is 0. The number of carbonyl (C=O) groups is 2. The summed E-state index contributed by atoms with van der Waals surface area (Å²) >= 11 is 0. The van der Waals surface area contributed by atoms with Gasteiger partial charge in [0.05, 0.1) is 6.61 Å². The van der Waals surface area contributed by atoms with Gasteiger partial charge in [0, 0.05) is 34.9 Å². The molecule has 0 heterocycles. The van der Waals surface area contributed by atoms with Gasteiger partial charge in [-0.25, -0.2) is 0 Å². The van der Waals surface area contributed by atoms with Gasteiger partial charge in [-0.15, -0.1) is 0 Å². The van der Waals surface area contributed by atoms with E-state index < -0.39 is 10.9 Å². The van der Waals surface area contributed by atoms with Crippen molar-refractivity contribution in [2.45, 2.75) is 245 Å². The van der Waals surface area contributed by atoms with Crippen LogP contribution >= 0.6 is 0 Å². The third-order valence-electron chi connectivity index (χ3n) is 12.1. The fraction of sp³-hybridized carbons (Fsp3) is 0.882. The molecule has 0 aliphatic heterocycles. The van der Waals surface area contributed by atoms with E-state index in [4.69, 9.17) is 9.47 Å². The number of hydrogen-bond donors (Lipinski definition) is 1. The first-order chi connectivity index (χ1) is 29.2. The smallest absolute Gasteiger partial charge is 0.306 e. The second-order valence-electron chi connectivity index (χ2n) is 18.0. The summed E-state index contributed by atoms with van der Waals surface area (Å²) in [6.07, 6.45) is 38.6. The molecule has 9 nitrogen and oxygen atoms in total. The third-order valence-corrected chi connectivity index (χ3v) is 12.1. The number of anilines is 2. The van der Waals surface area contributed by atoms with E-state index in [0.717, 1.165) is 116 Å². The van der Waals surface area contributed by atoms with Crippen molar-refractivity contribution in [2.75, 3.05) is 57.1 Å². The molecule has 0 radical (unpaired) electrons. The molecule has 0 unspecified atom stereocenters. The fourth-order valence-electron chi connectivity index (χ4n) is 8.22. The Morgan fingerprint density at radius 2 is 0.933 bits per heavy atom. The first-order valence-electron chi connectivity index (χ1n) is 25.6. The summed E-state index contributed by atoms with van der Waals surface area (Å²) in [5.41, 5.74) is 0.116. The van der Waals surface area contributed by atoms with Crippen LogP contribution in [-0.2, 0) is 19.1 Å². The third kappa shape index (κ3) is 29.8. The van der Waals surface area contributed by atoms with E-state index in [9.17, 15) is 19.2 Å². The van der Waals surface area contributed by atoms with Crippen LogP contribution in [0.15, 0.2) is 9.59 Å². The molecule has 0 saturated heterocycles. The zero-order valence-corrected chi connectivity index (χ0v) is 40.0. The van der Waals surface area contributed by atoms with Gasteiger partial charge in [0.15, 0.2) is 0 Å². The zero-order valence-electron chi connectivity index (χ0n) is 40.0. The monoisotopic (exact) mass is 848 g/mol. The number of nitrogens with one attached hydrogen (secondary N) is 1. The molecule has 0 spiro atoms. The normalized spacial score (nSPS) is 11.6. The first-order valence-corrected chi connectivity index (χ1v) is 25.6. The number of unbranched alkanes of at least 4 members (excludes halogenated alkanes) is 24. The minimum Gasteiger partial charge on any atom is -0.466 e. The molecule has 0 fully saturated rings. The molecule has 0 aliphatic rings. The maximum absolute atomic E-state index is 12.9. The van der Waals surface area contributed by atoms with Crippen LogP contribution in [0.5, 0.6) is 0 Å². The van der Waals surface area contributed by atoms with Crippen molar-refractivity contribution >= 4 is 23.3 Å². The highest BCUT2D eigenvalue weighted by Gasteiger charge is 2.22.